The molecular weight excluding hydrogens is 255 g/mol. The van der Waals surface area contributed by atoms with Crippen LogP contribution in [0.25, 0.3) is 5.69 Å². The second kappa shape index (κ2) is 4.44. The van der Waals surface area contributed by atoms with Crippen molar-refractivity contribution >= 4 is 23.2 Å². The van der Waals surface area contributed by atoms with Crippen molar-refractivity contribution in [3.05, 3.63) is 51.3 Å². The van der Waals surface area contributed by atoms with E-state index in [1.807, 2.05) is 30.5 Å². The van der Waals surface area contributed by atoms with E-state index >= 15 is 0 Å². The summed E-state index contributed by atoms with van der Waals surface area (Å²) in [5, 5.41) is 10.2. The number of hydrogen-bond donors (Lipinski definition) is 0. The van der Waals surface area contributed by atoms with Gasteiger partial charge in [-0.3, -0.25) is 0 Å². The van der Waals surface area contributed by atoms with Gasteiger partial charge in [-0.25, -0.2) is 0 Å². The molecule has 0 atom stereocenters. The van der Waals surface area contributed by atoms with E-state index < -0.39 is 0 Å². The van der Waals surface area contributed by atoms with Crippen LogP contribution in [0.3, 0.4) is 0 Å². The Morgan fingerprint density at radius 1 is 1.18 bits per heavy atom. The summed E-state index contributed by atoms with van der Waals surface area (Å²) in [5.41, 5.74) is 3.36. The van der Waals surface area contributed by atoms with Gasteiger partial charge in [0.2, 0.25) is 0 Å². The molecule has 2 nitrogen and oxygen atoms in total. The van der Waals surface area contributed by atoms with Crippen molar-refractivity contribution in [2.24, 2.45) is 0 Å². The predicted molar refractivity (Wildman–Crippen MR) is 70.0 cm³/mol. The first-order chi connectivity index (χ1) is 8.04. The maximum atomic E-state index is 9.00. The van der Waals surface area contributed by atoms with Gasteiger partial charge in [-0.05, 0) is 38.1 Å². The Hall–Kier alpha value is -1.43. The first-order valence-electron chi connectivity index (χ1n) is 5.09. The summed E-state index contributed by atoms with van der Waals surface area (Å²) in [6.45, 7) is 3.84. The van der Waals surface area contributed by atoms with Crippen LogP contribution in [0.15, 0.2) is 24.3 Å². The van der Waals surface area contributed by atoms with Crippen LogP contribution in [0.1, 0.15) is 17.0 Å². The molecule has 0 bridgehead atoms. The summed E-state index contributed by atoms with van der Waals surface area (Å²) < 4.78 is 1.96. The molecule has 0 saturated carbocycles. The van der Waals surface area contributed by atoms with E-state index in [0.717, 1.165) is 17.1 Å². The number of aryl methyl sites for hydroxylation is 1. The van der Waals surface area contributed by atoms with Crippen LogP contribution in [0.5, 0.6) is 0 Å². The van der Waals surface area contributed by atoms with E-state index in [9.17, 15) is 0 Å². The average Bonchev–Trinajstić information content (AvgIpc) is 2.55. The van der Waals surface area contributed by atoms with Crippen LogP contribution < -0.4 is 0 Å². The van der Waals surface area contributed by atoms with Gasteiger partial charge in [-0.2, -0.15) is 5.26 Å². The van der Waals surface area contributed by atoms with Crippen molar-refractivity contribution in [1.82, 2.24) is 4.57 Å². The number of halogens is 2. The van der Waals surface area contributed by atoms with Gasteiger partial charge in [0.1, 0.15) is 6.07 Å². The van der Waals surface area contributed by atoms with Gasteiger partial charge in [0.25, 0.3) is 0 Å². The van der Waals surface area contributed by atoms with Crippen LogP contribution in [-0.2, 0) is 0 Å². The fraction of sp³-hybridized carbons (Fsp3) is 0.154. The Kier molecular flexibility index (Phi) is 3.15. The molecule has 1 heterocycles. The van der Waals surface area contributed by atoms with Crippen molar-refractivity contribution in [2.45, 2.75) is 13.8 Å². The van der Waals surface area contributed by atoms with Crippen molar-refractivity contribution in [2.75, 3.05) is 0 Å². The van der Waals surface area contributed by atoms with Crippen LogP contribution in [0.2, 0.25) is 10.0 Å². The third-order valence-electron chi connectivity index (χ3n) is 2.70. The third-order valence-corrected chi connectivity index (χ3v) is 3.24. The zero-order chi connectivity index (χ0) is 12.6. The minimum Gasteiger partial charge on any atom is -0.316 e. The van der Waals surface area contributed by atoms with E-state index in [1.54, 1.807) is 12.1 Å². The summed E-state index contributed by atoms with van der Waals surface area (Å²) in [6, 6.07) is 9.35. The van der Waals surface area contributed by atoms with Gasteiger partial charge >= 0.3 is 0 Å². The molecule has 1 aromatic carbocycles. The molecule has 0 radical (unpaired) electrons. The lowest BCUT2D eigenvalue weighted by Crippen LogP contribution is -1.99. The van der Waals surface area contributed by atoms with Gasteiger partial charge in [0, 0.05) is 16.4 Å². The lowest BCUT2D eigenvalue weighted by Gasteiger charge is -2.11. The van der Waals surface area contributed by atoms with Crippen molar-refractivity contribution in [3.8, 4) is 11.8 Å². The summed E-state index contributed by atoms with van der Waals surface area (Å²) in [4.78, 5) is 0. The highest BCUT2D eigenvalue weighted by molar-refractivity contribution is 6.35. The molecular formula is C13H10Cl2N2. The van der Waals surface area contributed by atoms with Crippen molar-refractivity contribution in [1.29, 1.82) is 5.26 Å². The molecule has 0 N–H and O–H groups in total. The maximum Gasteiger partial charge on any atom is 0.101 e. The van der Waals surface area contributed by atoms with E-state index in [2.05, 4.69) is 6.07 Å². The van der Waals surface area contributed by atoms with Gasteiger partial charge in [0.05, 0.1) is 16.3 Å². The second-order valence-electron chi connectivity index (χ2n) is 3.83. The van der Waals surface area contributed by atoms with Gasteiger partial charge in [-0.1, -0.05) is 23.2 Å². The molecule has 86 valence electrons. The quantitative estimate of drug-likeness (QED) is 0.756. The number of rotatable bonds is 1. The lowest BCUT2D eigenvalue weighted by atomic mass is 10.2. The fourth-order valence-corrected chi connectivity index (χ4v) is 2.40. The first-order valence-corrected chi connectivity index (χ1v) is 5.84. The van der Waals surface area contributed by atoms with Crippen LogP contribution >= 0.6 is 23.2 Å². The SMILES string of the molecule is Cc1cc(C#N)c(C)n1-c1ccc(Cl)cc1Cl. The van der Waals surface area contributed by atoms with Crippen molar-refractivity contribution < 1.29 is 0 Å². The van der Waals surface area contributed by atoms with Crippen LogP contribution in [-0.4, -0.2) is 4.57 Å². The normalized spacial score (nSPS) is 10.3. The van der Waals surface area contributed by atoms with Gasteiger partial charge in [-0.15, -0.1) is 0 Å². The largest absolute Gasteiger partial charge is 0.316 e. The molecule has 0 aliphatic rings. The van der Waals surface area contributed by atoms with Gasteiger partial charge in [0.15, 0.2) is 0 Å². The molecule has 17 heavy (non-hydrogen) atoms. The van der Waals surface area contributed by atoms with E-state index in [4.69, 9.17) is 28.5 Å². The lowest BCUT2D eigenvalue weighted by molar-refractivity contribution is 0.964. The van der Waals surface area contributed by atoms with Crippen LogP contribution in [0.4, 0.5) is 0 Å². The second-order valence-corrected chi connectivity index (χ2v) is 4.67. The molecule has 0 aliphatic carbocycles. The molecule has 0 saturated heterocycles. The Balaban J connectivity index is 2.69. The highest BCUT2D eigenvalue weighted by Crippen LogP contribution is 2.28. The smallest absolute Gasteiger partial charge is 0.101 e. The molecule has 0 spiro atoms. The van der Waals surface area contributed by atoms with Crippen LogP contribution in [0, 0.1) is 25.2 Å². The minimum atomic E-state index is 0.573. The van der Waals surface area contributed by atoms with Crippen molar-refractivity contribution in [3.63, 3.8) is 0 Å². The third kappa shape index (κ3) is 2.04. The number of aromatic nitrogens is 1. The summed E-state index contributed by atoms with van der Waals surface area (Å²) in [7, 11) is 0. The topological polar surface area (TPSA) is 28.7 Å². The average molecular weight is 265 g/mol. The van der Waals surface area contributed by atoms with E-state index in [1.165, 1.54) is 0 Å². The highest BCUT2D eigenvalue weighted by atomic mass is 35.5. The molecule has 0 fully saturated rings. The highest BCUT2D eigenvalue weighted by Gasteiger charge is 2.12. The Labute approximate surface area is 110 Å². The van der Waals surface area contributed by atoms with E-state index in [-0.39, 0.29) is 0 Å². The number of nitriles is 1. The number of benzene rings is 1. The summed E-state index contributed by atoms with van der Waals surface area (Å²) in [5.74, 6) is 0. The fourth-order valence-electron chi connectivity index (χ4n) is 1.91. The maximum absolute atomic E-state index is 9.00. The Bertz CT molecular complexity index is 621. The first kappa shape index (κ1) is 12.0. The van der Waals surface area contributed by atoms with Gasteiger partial charge < -0.3 is 4.57 Å². The molecule has 2 aromatic rings. The summed E-state index contributed by atoms with van der Waals surface area (Å²) >= 11 is 12.0. The standard InChI is InChI=1S/C13H10Cl2N2/c1-8-5-10(7-16)9(2)17(8)13-4-3-11(14)6-12(13)15/h3-6H,1-2H3. The summed E-state index contributed by atoms with van der Waals surface area (Å²) in [6.07, 6.45) is 0. The van der Waals surface area contributed by atoms with E-state index in [0.29, 0.717) is 15.6 Å². The molecule has 0 aliphatic heterocycles. The number of nitrogens with zero attached hydrogens (tertiary/aromatic N) is 2. The molecule has 4 heteroatoms. The molecule has 2 rings (SSSR count). The monoisotopic (exact) mass is 264 g/mol. The predicted octanol–water partition coefficient (Wildman–Crippen LogP) is 4.27. The Morgan fingerprint density at radius 2 is 1.88 bits per heavy atom. The molecule has 1 aromatic heterocycles. The number of hydrogen-bond acceptors (Lipinski definition) is 1. The zero-order valence-corrected chi connectivity index (χ0v) is 11.0. The zero-order valence-electron chi connectivity index (χ0n) is 9.46. The molecule has 0 amide bonds. The molecule has 0 unspecified atom stereocenters. The minimum absolute atomic E-state index is 0.573. The Morgan fingerprint density at radius 3 is 2.41 bits per heavy atom.